The summed E-state index contributed by atoms with van der Waals surface area (Å²) in [7, 11) is -2.49. The summed E-state index contributed by atoms with van der Waals surface area (Å²) in [4.78, 5) is 23.0. The molecule has 0 radical (unpaired) electrons. The summed E-state index contributed by atoms with van der Waals surface area (Å²) in [5.41, 5.74) is 0.402. The van der Waals surface area contributed by atoms with Crippen LogP contribution in [0, 0.1) is 0 Å². The van der Waals surface area contributed by atoms with Gasteiger partial charge in [-0.15, -0.1) is 0 Å². The minimum atomic E-state index is -3.70. The Kier molecular flexibility index (Phi) is 4.38. The fourth-order valence-electron chi connectivity index (χ4n) is 1.94. The third kappa shape index (κ3) is 3.20. The number of hydrogen-bond acceptors (Lipinski definition) is 6. The van der Waals surface area contributed by atoms with Crippen LogP contribution in [0.15, 0.2) is 32.3 Å². The fraction of sp³-hybridized carbons (Fsp3) is 0.385. The van der Waals surface area contributed by atoms with Crippen molar-refractivity contribution in [1.82, 2.24) is 9.29 Å². The lowest BCUT2D eigenvalue weighted by Gasteiger charge is -2.09. The number of carbonyl (C=O) groups excluding carboxylic acids is 1. The topological polar surface area (TPSA) is 108 Å². The van der Waals surface area contributed by atoms with E-state index in [0.717, 1.165) is 4.57 Å². The minimum Gasteiger partial charge on any atom is -0.468 e. The van der Waals surface area contributed by atoms with Crippen LogP contribution in [-0.4, -0.2) is 32.1 Å². The van der Waals surface area contributed by atoms with E-state index in [-0.39, 0.29) is 23.1 Å². The van der Waals surface area contributed by atoms with Crippen molar-refractivity contribution in [2.75, 3.05) is 7.11 Å². The van der Waals surface area contributed by atoms with Crippen molar-refractivity contribution < 1.29 is 22.4 Å². The van der Waals surface area contributed by atoms with Gasteiger partial charge in [-0.25, -0.2) is 17.9 Å². The van der Waals surface area contributed by atoms with Crippen LogP contribution in [0.1, 0.15) is 13.8 Å². The Morgan fingerprint density at radius 3 is 2.68 bits per heavy atom. The number of nitrogens with zero attached hydrogens (tertiary/aromatic N) is 1. The largest absolute Gasteiger partial charge is 0.468 e. The van der Waals surface area contributed by atoms with E-state index < -0.39 is 21.7 Å². The van der Waals surface area contributed by atoms with E-state index in [2.05, 4.69) is 9.46 Å². The Hall–Kier alpha value is -2.13. The number of fused-ring (bicyclic) bond motifs is 1. The number of hydrogen-bond donors (Lipinski definition) is 1. The highest BCUT2D eigenvalue weighted by Crippen LogP contribution is 2.18. The van der Waals surface area contributed by atoms with Crippen LogP contribution >= 0.6 is 0 Å². The average molecular weight is 328 g/mol. The molecule has 0 bridgehead atoms. The van der Waals surface area contributed by atoms with Gasteiger partial charge < -0.3 is 9.15 Å². The SMILES string of the molecule is COC(=O)Cn1c(=O)oc2cc(S(=O)(=O)NC(C)C)ccc21. The summed E-state index contributed by atoms with van der Waals surface area (Å²) in [5, 5.41) is 0. The smallest absolute Gasteiger partial charge is 0.420 e. The first kappa shape index (κ1) is 16.2. The molecule has 120 valence electrons. The van der Waals surface area contributed by atoms with Gasteiger partial charge in [0.05, 0.1) is 17.5 Å². The maximum Gasteiger partial charge on any atom is 0.420 e. The third-order valence-corrected chi connectivity index (χ3v) is 4.51. The normalized spacial score (nSPS) is 12.0. The summed E-state index contributed by atoms with van der Waals surface area (Å²) in [6.07, 6.45) is 0. The maximum absolute atomic E-state index is 12.1. The van der Waals surface area contributed by atoms with Gasteiger partial charge in [-0.2, -0.15) is 0 Å². The molecule has 0 amide bonds. The monoisotopic (exact) mass is 328 g/mol. The van der Waals surface area contributed by atoms with Crippen molar-refractivity contribution in [2.45, 2.75) is 31.3 Å². The number of sulfonamides is 1. The summed E-state index contributed by atoms with van der Waals surface area (Å²) >= 11 is 0. The van der Waals surface area contributed by atoms with Crippen LogP contribution in [0.3, 0.4) is 0 Å². The lowest BCUT2D eigenvalue weighted by Crippen LogP contribution is -2.30. The van der Waals surface area contributed by atoms with Crippen molar-refractivity contribution in [3.63, 3.8) is 0 Å². The highest BCUT2D eigenvalue weighted by molar-refractivity contribution is 7.89. The Morgan fingerprint density at radius 1 is 1.41 bits per heavy atom. The van der Waals surface area contributed by atoms with E-state index in [1.165, 1.54) is 25.3 Å². The molecule has 1 N–H and O–H groups in total. The zero-order valence-electron chi connectivity index (χ0n) is 12.3. The summed E-state index contributed by atoms with van der Waals surface area (Å²) in [6, 6.07) is 3.74. The van der Waals surface area contributed by atoms with E-state index in [1.807, 2.05) is 0 Å². The molecule has 0 saturated heterocycles. The summed E-state index contributed by atoms with van der Waals surface area (Å²) < 4.78 is 37.2. The molecule has 0 atom stereocenters. The van der Waals surface area contributed by atoms with Crippen molar-refractivity contribution in [1.29, 1.82) is 0 Å². The van der Waals surface area contributed by atoms with Crippen molar-refractivity contribution >= 4 is 27.1 Å². The molecule has 0 saturated carbocycles. The molecule has 0 unspecified atom stereocenters. The van der Waals surface area contributed by atoms with Gasteiger partial charge >= 0.3 is 11.7 Å². The Morgan fingerprint density at radius 2 is 2.09 bits per heavy atom. The van der Waals surface area contributed by atoms with Crippen LogP contribution in [0.5, 0.6) is 0 Å². The third-order valence-electron chi connectivity index (χ3n) is 2.86. The van der Waals surface area contributed by atoms with Crippen molar-refractivity contribution in [3.05, 3.63) is 28.7 Å². The van der Waals surface area contributed by atoms with Crippen LogP contribution in [0.4, 0.5) is 0 Å². The molecule has 9 heteroatoms. The van der Waals surface area contributed by atoms with Crippen molar-refractivity contribution in [2.24, 2.45) is 0 Å². The second kappa shape index (κ2) is 5.93. The van der Waals surface area contributed by atoms with Crippen LogP contribution in [0.2, 0.25) is 0 Å². The molecular weight excluding hydrogens is 312 g/mol. The molecular formula is C13H16N2O6S. The molecule has 0 aliphatic heterocycles. The predicted octanol–water partition coefficient (Wildman–Crippen LogP) is 0.454. The average Bonchev–Trinajstić information content (AvgIpc) is 2.72. The highest BCUT2D eigenvalue weighted by Gasteiger charge is 2.19. The molecule has 0 aliphatic rings. The van der Waals surface area contributed by atoms with E-state index in [4.69, 9.17) is 4.42 Å². The molecule has 8 nitrogen and oxygen atoms in total. The first-order valence-electron chi connectivity index (χ1n) is 6.47. The number of aromatic nitrogens is 1. The number of nitrogens with one attached hydrogen (secondary N) is 1. The second-order valence-electron chi connectivity index (χ2n) is 4.94. The van der Waals surface area contributed by atoms with Gasteiger partial charge in [0.25, 0.3) is 0 Å². The zero-order chi connectivity index (χ0) is 16.5. The van der Waals surface area contributed by atoms with E-state index in [0.29, 0.717) is 5.52 Å². The number of esters is 1. The highest BCUT2D eigenvalue weighted by atomic mass is 32.2. The van der Waals surface area contributed by atoms with E-state index in [9.17, 15) is 18.0 Å². The van der Waals surface area contributed by atoms with E-state index >= 15 is 0 Å². The van der Waals surface area contributed by atoms with Gasteiger partial charge in [0.2, 0.25) is 10.0 Å². The van der Waals surface area contributed by atoms with Crippen LogP contribution < -0.4 is 10.5 Å². The molecule has 1 aromatic carbocycles. The summed E-state index contributed by atoms with van der Waals surface area (Å²) in [6.45, 7) is 3.09. The first-order chi connectivity index (χ1) is 10.2. The van der Waals surface area contributed by atoms with Gasteiger partial charge in [-0.1, -0.05) is 0 Å². The molecule has 2 aromatic rings. The van der Waals surface area contributed by atoms with Gasteiger partial charge in [0, 0.05) is 12.1 Å². The number of carbonyl (C=O) groups is 1. The van der Waals surface area contributed by atoms with E-state index in [1.54, 1.807) is 13.8 Å². The Labute approximate surface area is 126 Å². The molecule has 1 aromatic heterocycles. The lowest BCUT2D eigenvalue weighted by atomic mass is 10.3. The maximum atomic E-state index is 12.1. The molecule has 0 fully saturated rings. The van der Waals surface area contributed by atoms with Gasteiger partial charge in [0.1, 0.15) is 6.54 Å². The molecule has 2 rings (SSSR count). The molecule has 0 aliphatic carbocycles. The summed E-state index contributed by atoms with van der Waals surface area (Å²) in [5.74, 6) is -1.37. The number of oxazole rings is 1. The standard InChI is InChI=1S/C13H16N2O6S/c1-8(2)14-22(18,19)9-4-5-10-11(6-9)21-13(17)15(10)7-12(16)20-3/h4-6,8,14H,7H2,1-3H3. The number of benzene rings is 1. The molecule has 22 heavy (non-hydrogen) atoms. The number of ether oxygens (including phenoxy) is 1. The van der Waals surface area contributed by atoms with Crippen molar-refractivity contribution in [3.8, 4) is 0 Å². The van der Waals surface area contributed by atoms with Crippen LogP contribution in [-0.2, 0) is 26.1 Å². The van der Waals surface area contributed by atoms with Gasteiger partial charge in [-0.05, 0) is 26.0 Å². The van der Waals surface area contributed by atoms with Gasteiger partial charge in [-0.3, -0.25) is 9.36 Å². The van der Waals surface area contributed by atoms with Gasteiger partial charge in [0.15, 0.2) is 5.58 Å². The van der Waals surface area contributed by atoms with Crippen LogP contribution in [0.25, 0.3) is 11.1 Å². The quantitative estimate of drug-likeness (QED) is 0.799. The fourth-order valence-corrected chi connectivity index (χ4v) is 3.20. The second-order valence-corrected chi connectivity index (χ2v) is 6.65. The number of rotatable bonds is 5. The molecule has 1 heterocycles. The lowest BCUT2D eigenvalue weighted by molar-refractivity contribution is -0.141. The first-order valence-corrected chi connectivity index (χ1v) is 7.95. The minimum absolute atomic E-state index is 0.0207. The Bertz CT molecular complexity index is 862. The Balaban J connectivity index is 2.50. The predicted molar refractivity (Wildman–Crippen MR) is 77.9 cm³/mol. The molecule has 0 spiro atoms. The zero-order valence-corrected chi connectivity index (χ0v) is 13.1. The number of methoxy groups -OCH3 is 1.